The number of carbonyl (C=O) groups excluding carboxylic acids is 1. The molecule has 18 heavy (non-hydrogen) atoms. The molecular weight excluding hydrogens is 296 g/mol. The number of carbonyl (C=O) groups is 1. The number of rotatable bonds is 2. The fourth-order valence-electron chi connectivity index (χ4n) is 1.40. The van der Waals surface area contributed by atoms with E-state index in [4.69, 9.17) is 0 Å². The topological polar surface area (TPSA) is 61.4 Å². The molecule has 2 amide bonds. The van der Waals surface area contributed by atoms with Crippen molar-refractivity contribution < 1.29 is 9.90 Å². The van der Waals surface area contributed by atoms with Gasteiger partial charge in [0.05, 0.1) is 5.69 Å². The number of hydrogen-bond acceptors (Lipinski definition) is 2. The second-order valence-corrected chi connectivity index (χ2v) is 4.52. The van der Waals surface area contributed by atoms with Crippen LogP contribution in [0.5, 0.6) is 5.75 Å². The molecule has 4 nitrogen and oxygen atoms in total. The maximum Gasteiger partial charge on any atom is 0.323 e. The summed E-state index contributed by atoms with van der Waals surface area (Å²) in [7, 11) is 0. The predicted octanol–water partition coefficient (Wildman–Crippen LogP) is 3.80. The number of halogens is 1. The highest BCUT2D eigenvalue weighted by Crippen LogP contribution is 2.21. The Bertz CT molecular complexity index is 555. The Hall–Kier alpha value is -2.01. The minimum Gasteiger partial charge on any atom is -0.506 e. The molecule has 0 heterocycles. The van der Waals surface area contributed by atoms with Crippen molar-refractivity contribution in [1.82, 2.24) is 0 Å². The van der Waals surface area contributed by atoms with Gasteiger partial charge < -0.3 is 15.7 Å². The molecule has 92 valence electrons. The Kier molecular flexibility index (Phi) is 3.84. The minimum absolute atomic E-state index is 0.0310. The molecule has 2 aromatic carbocycles. The van der Waals surface area contributed by atoms with Gasteiger partial charge in [-0.3, -0.25) is 0 Å². The summed E-state index contributed by atoms with van der Waals surface area (Å²) in [6, 6.07) is 13.3. The molecule has 5 heteroatoms. The molecule has 0 bridgehead atoms. The Morgan fingerprint density at radius 2 is 1.67 bits per heavy atom. The number of aromatic hydroxyl groups is 1. The fourth-order valence-corrected chi connectivity index (χ4v) is 1.66. The normalized spacial score (nSPS) is 9.83. The highest BCUT2D eigenvalue weighted by molar-refractivity contribution is 9.10. The van der Waals surface area contributed by atoms with E-state index in [-0.39, 0.29) is 5.75 Å². The minimum atomic E-state index is -0.404. The zero-order valence-electron chi connectivity index (χ0n) is 9.35. The molecule has 2 rings (SSSR count). The van der Waals surface area contributed by atoms with Gasteiger partial charge in [-0.1, -0.05) is 28.1 Å². The van der Waals surface area contributed by atoms with Crippen molar-refractivity contribution in [2.24, 2.45) is 0 Å². The van der Waals surface area contributed by atoms with Gasteiger partial charge in [-0.15, -0.1) is 0 Å². The summed E-state index contributed by atoms with van der Waals surface area (Å²) in [6.07, 6.45) is 0. The molecule has 0 saturated carbocycles. The van der Waals surface area contributed by atoms with Crippen molar-refractivity contribution >= 4 is 33.3 Å². The van der Waals surface area contributed by atoms with Crippen molar-refractivity contribution in [3.8, 4) is 5.75 Å². The molecule has 0 aliphatic rings. The van der Waals surface area contributed by atoms with E-state index in [1.165, 1.54) is 6.07 Å². The van der Waals surface area contributed by atoms with Crippen LogP contribution in [0.2, 0.25) is 0 Å². The van der Waals surface area contributed by atoms with E-state index < -0.39 is 6.03 Å². The largest absolute Gasteiger partial charge is 0.506 e. The first kappa shape index (κ1) is 12.4. The van der Waals surface area contributed by atoms with Crippen LogP contribution >= 0.6 is 15.9 Å². The van der Waals surface area contributed by atoms with E-state index in [1.54, 1.807) is 30.3 Å². The average Bonchev–Trinajstić information content (AvgIpc) is 2.35. The van der Waals surface area contributed by atoms with Crippen molar-refractivity contribution in [3.63, 3.8) is 0 Å². The first-order valence-electron chi connectivity index (χ1n) is 5.27. The summed E-state index contributed by atoms with van der Waals surface area (Å²) in [6.45, 7) is 0. The maximum atomic E-state index is 11.7. The van der Waals surface area contributed by atoms with Crippen molar-refractivity contribution in [2.45, 2.75) is 0 Å². The van der Waals surface area contributed by atoms with E-state index in [1.807, 2.05) is 12.1 Å². The molecule has 0 unspecified atom stereocenters. The van der Waals surface area contributed by atoms with Gasteiger partial charge >= 0.3 is 6.03 Å². The predicted molar refractivity (Wildman–Crippen MR) is 74.9 cm³/mol. The summed E-state index contributed by atoms with van der Waals surface area (Å²) in [4.78, 5) is 11.7. The van der Waals surface area contributed by atoms with Crippen LogP contribution in [0, 0.1) is 0 Å². The lowest BCUT2D eigenvalue weighted by Gasteiger charge is -2.08. The standard InChI is InChI=1S/C13H11BrN2O2/c14-9-5-7-10(8-6-9)15-13(18)16-11-3-1-2-4-12(11)17/h1-8,17H,(H2,15,16,18). The van der Waals surface area contributed by atoms with E-state index in [9.17, 15) is 9.90 Å². The van der Waals surface area contributed by atoms with Crippen LogP contribution in [0.25, 0.3) is 0 Å². The third-order valence-corrected chi connectivity index (χ3v) is 2.78. The monoisotopic (exact) mass is 306 g/mol. The number of phenols is 1. The lowest BCUT2D eigenvalue weighted by molar-refractivity contribution is 0.262. The lowest BCUT2D eigenvalue weighted by atomic mass is 10.3. The molecule has 0 aliphatic heterocycles. The number of hydrogen-bond donors (Lipinski definition) is 3. The van der Waals surface area contributed by atoms with E-state index in [0.29, 0.717) is 11.4 Å². The second-order valence-electron chi connectivity index (χ2n) is 3.60. The molecule has 3 N–H and O–H groups in total. The van der Waals surface area contributed by atoms with Crippen LogP contribution in [0.3, 0.4) is 0 Å². The molecule has 0 atom stereocenters. The number of anilines is 2. The number of urea groups is 1. The van der Waals surface area contributed by atoms with E-state index >= 15 is 0 Å². The summed E-state index contributed by atoms with van der Waals surface area (Å²) >= 11 is 3.31. The van der Waals surface area contributed by atoms with Crippen molar-refractivity contribution in [1.29, 1.82) is 0 Å². The summed E-state index contributed by atoms with van der Waals surface area (Å²) in [5, 5.41) is 14.7. The van der Waals surface area contributed by atoms with Gasteiger partial charge in [-0.2, -0.15) is 0 Å². The van der Waals surface area contributed by atoms with Crippen LogP contribution in [-0.4, -0.2) is 11.1 Å². The first-order valence-corrected chi connectivity index (χ1v) is 6.06. The van der Waals surface area contributed by atoms with Gasteiger partial charge in [0, 0.05) is 10.2 Å². The van der Waals surface area contributed by atoms with Gasteiger partial charge in [0.2, 0.25) is 0 Å². The molecule has 0 aromatic heterocycles. The van der Waals surface area contributed by atoms with Crippen LogP contribution in [0.1, 0.15) is 0 Å². The number of para-hydroxylation sites is 2. The lowest BCUT2D eigenvalue weighted by Crippen LogP contribution is -2.19. The Labute approximate surface area is 113 Å². The molecule has 0 fully saturated rings. The van der Waals surface area contributed by atoms with Gasteiger partial charge in [0.15, 0.2) is 0 Å². The highest BCUT2D eigenvalue weighted by atomic mass is 79.9. The van der Waals surface area contributed by atoms with Gasteiger partial charge in [-0.05, 0) is 36.4 Å². The number of nitrogens with one attached hydrogen (secondary N) is 2. The summed E-state index contributed by atoms with van der Waals surface area (Å²) in [5.74, 6) is 0.0310. The third kappa shape index (κ3) is 3.24. The Morgan fingerprint density at radius 1 is 1.00 bits per heavy atom. The maximum absolute atomic E-state index is 11.7. The van der Waals surface area contributed by atoms with Gasteiger partial charge in [0.25, 0.3) is 0 Å². The SMILES string of the molecule is O=C(Nc1ccc(Br)cc1)Nc1ccccc1O. The van der Waals surface area contributed by atoms with Crippen LogP contribution in [-0.2, 0) is 0 Å². The zero-order valence-corrected chi connectivity index (χ0v) is 10.9. The van der Waals surface area contributed by atoms with Gasteiger partial charge in [0.1, 0.15) is 5.75 Å². The molecule has 2 aromatic rings. The van der Waals surface area contributed by atoms with Crippen molar-refractivity contribution in [3.05, 3.63) is 53.0 Å². The number of benzene rings is 2. The van der Waals surface area contributed by atoms with Crippen LogP contribution in [0.4, 0.5) is 16.2 Å². The van der Waals surface area contributed by atoms with Crippen molar-refractivity contribution in [2.75, 3.05) is 10.6 Å². The Balaban J connectivity index is 2.01. The average molecular weight is 307 g/mol. The van der Waals surface area contributed by atoms with Crippen LogP contribution in [0.15, 0.2) is 53.0 Å². The van der Waals surface area contributed by atoms with Gasteiger partial charge in [-0.25, -0.2) is 4.79 Å². The molecule has 0 radical (unpaired) electrons. The molecule has 0 saturated heterocycles. The fraction of sp³-hybridized carbons (Fsp3) is 0. The highest BCUT2D eigenvalue weighted by Gasteiger charge is 2.05. The molecule has 0 aliphatic carbocycles. The third-order valence-electron chi connectivity index (χ3n) is 2.25. The second kappa shape index (κ2) is 5.55. The molecule has 0 spiro atoms. The number of amides is 2. The summed E-state index contributed by atoms with van der Waals surface area (Å²) in [5.41, 5.74) is 1.04. The summed E-state index contributed by atoms with van der Waals surface area (Å²) < 4.78 is 0.939. The first-order chi connectivity index (χ1) is 8.65. The van der Waals surface area contributed by atoms with E-state index in [2.05, 4.69) is 26.6 Å². The van der Waals surface area contributed by atoms with E-state index in [0.717, 1.165) is 4.47 Å². The smallest absolute Gasteiger partial charge is 0.323 e. The van der Waals surface area contributed by atoms with Crippen LogP contribution < -0.4 is 10.6 Å². The Morgan fingerprint density at radius 3 is 2.33 bits per heavy atom. The quantitative estimate of drug-likeness (QED) is 0.739. The zero-order chi connectivity index (χ0) is 13.0. The number of phenolic OH excluding ortho intramolecular Hbond substituents is 1. The molecular formula is C13H11BrN2O2.